The van der Waals surface area contributed by atoms with Gasteiger partial charge in [0.2, 0.25) is 0 Å². The maximum atomic E-state index is 12.0. The molecule has 1 heterocycles. The van der Waals surface area contributed by atoms with Gasteiger partial charge in [-0.15, -0.1) is 0 Å². The number of rotatable bonds is 1. The van der Waals surface area contributed by atoms with Crippen LogP contribution in [0.5, 0.6) is 5.75 Å². The van der Waals surface area contributed by atoms with Crippen molar-refractivity contribution < 1.29 is 9.90 Å². The number of piperidine rings is 1. The first-order valence-corrected chi connectivity index (χ1v) is 6.20. The third-order valence-corrected chi connectivity index (χ3v) is 3.35. The molecule has 0 spiro atoms. The van der Waals surface area contributed by atoms with E-state index in [1.807, 2.05) is 0 Å². The van der Waals surface area contributed by atoms with E-state index in [-0.39, 0.29) is 11.8 Å². The summed E-state index contributed by atoms with van der Waals surface area (Å²) < 4.78 is 0. The molecule has 1 fully saturated rings. The van der Waals surface area contributed by atoms with Gasteiger partial charge in [0.1, 0.15) is 5.75 Å². The number of likely N-dealkylation sites (tertiary alicyclic amines) is 1. The highest BCUT2D eigenvalue weighted by Crippen LogP contribution is 2.24. The number of carbonyl (C=O) groups excluding carboxylic acids is 1. The number of nitrogens with two attached hydrogens (primary N) is 1. The van der Waals surface area contributed by atoms with E-state index in [2.05, 4.69) is 12.2 Å². The van der Waals surface area contributed by atoms with Gasteiger partial charge in [0.15, 0.2) is 0 Å². The summed E-state index contributed by atoms with van der Waals surface area (Å²) in [6, 6.07) is 4.41. The lowest BCUT2D eigenvalue weighted by molar-refractivity contribution is 0.186. The molecule has 2 rings (SSSR count). The smallest absolute Gasteiger partial charge is 0.321 e. The Morgan fingerprint density at radius 1 is 1.44 bits per heavy atom. The molecule has 2 amide bonds. The maximum Gasteiger partial charge on any atom is 0.321 e. The Bertz CT molecular complexity index is 440. The zero-order valence-corrected chi connectivity index (χ0v) is 10.5. The third-order valence-electron chi connectivity index (χ3n) is 3.35. The fourth-order valence-electron chi connectivity index (χ4n) is 2.07. The summed E-state index contributed by atoms with van der Waals surface area (Å²) >= 11 is 0. The van der Waals surface area contributed by atoms with Gasteiger partial charge in [0.05, 0.1) is 11.4 Å². The number of phenolic OH excluding ortho intramolecular Hbond substituents is 1. The molecule has 5 heteroatoms. The molecule has 1 aliphatic heterocycles. The van der Waals surface area contributed by atoms with Crippen molar-refractivity contribution in [2.24, 2.45) is 5.92 Å². The Balaban J connectivity index is 1.98. The number of hydrogen-bond donors (Lipinski definition) is 3. The average Bonchev–Trinajstić information content (AvgIpc) is 2.33. The fourth-order valence-corrected chi connectivity index (χ4v) is 2.07. The van der Waals surface area contributed by atoms with E-state index in [1.54, 1.807) is 11.0 Å². The van der Waals surface area contributed by atoms with Crippen LogP contribution >= 0.6 is 0 Å². The van der Waals surface area contributed by atoms with Crippen LogP contribution in [-0.2, 0) is 0 Å². The van der Waals surface area contributed by atoms with E-state index in [0.29, 0.717) is 17.3 Å². The molecule has 1 aromatic rings. The van der Waals surface area contributed by atoms with Crippen molar-refractivity contribution >= 4 is 17.4 Å². The van der Waals surface area contributed by atoms with E-state index in [1.165, 1.54) is 12.1 Å². The van der Waals surface area contributed by atoms with Crippen LogP contribution in [0.2, 0.25) is 0 Å². The number of anilines is 2. The number of nitrogens with zero attached hydrogens (tertiary/aromatic N) is 1. The van der Waals surface area contributed by atoms with Crippen molar-refractivity contribution in [1.82, 2.24) is 4.90 Å². The topological polar surface area (TPSA) is 78.6 Å². The zero-order valence-electron chi connectivity index (χ0n) is 10.5. The molecular weight excluding hydrogens is 230 g/mol. The molecule has 0 aliphatic carbocycles. The van der Waals surface area contributed by atoms with E-state index < -0.39 is 0 Å². The van der Waals surface area contributed by atoms with Crippen molar-refractivity contribution in [3.05, 3.63) is 18.2 Å². The number of phenols is 1. The second-order valence-electron chi connectivity index (χ2n) is 4.87. The number of hydrogen-bond acceptors (Lipinski definition) is 3. The monoisotopic (exact) mass is 249 g/mol. The minimum absolute atomic E-state index is 0.0947. The number of amides is 2. The molecule has 1 saturated heterocycles. The van der Waals surface area contributed by atoms with Crippen molar-refractivity contribution in [3.63, 3.8) is 0 Å². The number of benzene rings is 1. The molecular formula is C13H19N3O2. The number of carbonyl (C=O) groups is 1. The van der Waals surface area contributed by atoms with Gasteiger partial charge in [0, 0.05) is 19.2 Å². The Morgan fingerprint density at radius 3 is 2.72 bits per heavy atom. The number of urea groups is 1. The fraction of sp³-hybridized carbons (Fsp3) is 0.462. The van der Waals surface area contributed by atoms with E-state index in [0.717, 1.165) is 25.9 Å². The lowest BCUT2D eigenvalue weighted by atomic mass is 10.00. The van der Waals surface area contributed by atoms with Crippen LogP contribution in [0.1, 0.15) is 19.8 Å². The van der Waals surface area contributed by atoms with Crippen LogP contribution in [0.3, 0.4) is 0 Å². The molecule has 0 aromatic heterocycles. The number of aromatic hydroxyl groups is 1. The first kappa shape index (κ1) is 12.5. The van der Waals surface area contributed by atoms with Crippen LogP contribution < -0.4 is 11.1 Å². The first-order valence-electron chi connectivity index (χ1n) is 6.20. The van der Waals surface area contributed by atoms with Gasteiger partial charge in [-0.3, -0.25) is 0 Å². The van der Waals surface area contributed by atoms with E-state index in [4.69, 9.17) is 5.73 Å². The van der Waals surface area contributed by atoms with Crippen LogP contribution in [0.15, 0.2) is 18.2 Å². The molecule has 4 N–H and O–H groups in total. The van der Waals surface area contributed by atoms with Gasteiger partial charge >= 0.3 is 6.03 Å². The van der Waals surface area contributed by atoms with Gasteiger partial charge in [-0.25, -0.2) is 4.79 Å². The summed E-state index contributed by atoms with van der Waals surface area (Å²) in [6.07, 6.45) is 2.08. The molecule has 0 radical (unpaired) electrons. The average molecular weight is 249 g/mol. The van der Waals surface area contributed by atoms with Crippen molar-refractivity contribution in [3.8, 4) is 5.75 Å². The second kappa shape index (κ2) is 5.16. The SMILES string of the molecule is CC1CCN(C(=O)Nc2ccc(O)cc2N)CC1. The molecule has 0 atom stereocenters. The molecule has 5 nitrogen and oxygen atoms in total. The van der Waals surface area contributed by atoms with Gasteiger partial charge in [-0.05, 0) is 30.9 Å². The lowest BCUT2D eigenvalue weighted by Crippen LogP contribution is -2.40. The summed E-state index contributed by atoms with van der Waals surface area (Å²) in [7, 11) is 0. The summed E-state index contributed by atoms with van der Waals surface area (Å²) in [4.78, 5) is 13.8. The van der Waals surface area contributed by atoms with Crippen molar-refractivity contribution in [1.29, 1.82) is 0 Å². The van der Waals surface area contributed by atoms with Crippen LogP contribution in [0.25, 0.3) is 0 Å². The number of nitrogens with one attached hydrogen (secondary N) is 1. The highest BCUT2D eigenvalue weighted by Gasteiger charge is 2.20. The molecule has 98 valence electrons. The molecule has 0 bridgehead atoms. The van der Waals surface area contributed by atoms with Crippen LogP contribution in [0, 0.1) is 5.92 Å². The highest BCUT2D eigenvalue weighted by atomic mass is 16.3. The maximum absolute atomic E-state index is 12.0. The largest absolute Gasteiger partial charge is 0.508 e. The van der Waals surface area contributed by atoms with E-state index >= 15 is 0 Å². The van der Waals surface area contributed by atoms with Gasteiger partial charge < -0.3 is 21.1 Å². The van der Waals surface area contributed by atoms with Gasteiger partial charge in [-0.1, -0.05) is 6.92 Å². The Hall–Kier alpha value is -1.91. The summed E-state index contributed by atoms with van der Waals surface area (Å²) in [5, 5.41) is 12.0. The first-order chi connectivity index (χ1) is 8.56. The molecule has 18 heavy (non-hydrogen) atoms. The molecule has 0 unspecified atom stereocenters. The van der Waals surface area contributed by atoms with Gasteiger partial charge in [0.25, 0.3) is 0 Å². The zero-order chi connectivity index (χ0) is 13.1. The Morgan fingerprint density at radius 2 is 2.11 bits per heavy atom. The summed E-state index contributed by atoms with van der Waals surface area (Å²) in [5.41, 5.74) is 6.64. The Labute approximate surface area is 107 Å². The van der Waals surface area contributed by atoms with Crippen LogP contribution in [0.4, 0.5) is 16.2 Å². The van der Waals surface area contributed by atoms with Crippen LogP contribution in [-0.4, -0.2) is 29.1 Å². The number of nitrogen functional groups attached to an aromatic ring is 1. The quantitative estimate of drug-likeness (QED) is 0.527. The highest BCUT2D eigenvalue weighted by molar-refractivity contribution is 5.92. The second-order valence-corrected chi connectivity index (χ2v) is 4.87. The molecule has 1 aliphatic rings. The minimum atomic E-state index is -0.126. The molecule has 0 saturated carbocycles. The predicted octanol–water partition coefficient (Wildman–Crippen LogP) is 2.24. The Kier molecular flexibility index (Phi) is 3.60. The van der Waals surface area contributed by atoms with Gasteiger partial charge in [-0.2, -0.15) is 0 Å². The van der Waals surface area contributed by atoms with Crippen molar-refractivity contribution in [2.75, 3.05) is 24.1 Å². The lowest BCUT2D eigenvalue weighted by Gasteiger charge is -2.30. The molecule has 1 aromatic carbocycles. The minimum Gasteiger partial charge on any atom is -0.508 e. The van der Waals surface area contributed by atoms with Crippen molar-refractivity contribution in [2.45, 2.75) is 19.8 Å². The normalized spacial score (nSPS) is 16.6. The van der Waals surface area contributed by atoms with E-state index in [9.17, 15) is 9.90 Å². The summed E-state index contributed by atoms with van der Waals surface area (Å²) in [6.45, 7) is 3.77. The summed E-state index contributed by atoms with van der Waals surface area (Å²) in [5.74, 6) is 0.782. The third kappa shape index (κ3) is 2.85. The standard InChI is InChI=1S/C13H19N3O2/c1-9-4-6-16(7-5-9)13(18)15-12-3-2-10(17)8-11(12)14/h2-3,8-9,17H,4-7,14H2,1H3,(H,15,18). The predicted molar refractivity (Wildman–Crippen MR) is 71.5 cm³/mol.